The number of fused-ring (bicyclic) bond motifs is 14. The van der Waals surface area contributed by atoms with E-state index in [4.69, 9.17) is 18.9 Å². The second-order valence-electron chi connectivity index (χ2n) is 14.4. The third kappa shape index (κ3) is 11.7. The van der Waals surface area contributed by atoms with Gasteiger partial charge in [-0.05, 0) is 19.9 Å². The van der Waals surface area contributed by atoms with Crippen LogP contribution in [0.5, 0.6) is 11.5 Å². The van der Waals surface area contributed by atoms with E-state index in [1.807, 2.05) is 0 Å². The van der Waals surface area contributed by atoms with Crippen molar-refractivity contribution in [3.05, 3.63) is 79.8 Å². The molecule has 0 saturated carbocycles. The highest BCUT2D eigenvalue weighted by molar-refractivity contribution is 7.60. The van der Waals surface area contributed by atoms with Crippen LogP contribution in [-0.2, 0) is 23.8 Å². The molecule has 0 saturated heterocycles. The molecule has 1 aromatic rings. The average molecular weight is 939 g/mol. The molecule has 0 unspecified atom stereocenters. The first-order valence-corrected chi connectivity index (χ1v) is 17.8. The van der Waals surface area contributed by atoms with Crippen LogP contribution in [0.3, 0.4) is 0 Å². The van der Waals surface area contributed by atoms with Gasteiger partial charge in [0, 0.05) is 72.7 Å². The number of allylic oxidation sites excluding steroid dienone is 3. The van der Waals surface area contributed by atoms with E-state index in [9.17, 15) is 49.4 Å². The Kier molecular flexibility index (Phi) is 23.2. The summed E-state index contributed by atoms with van der Waals surface area (Å²) in [7, 11) is 1.39. The number of carbonyl (C=O) groups is 5. The second kappa shape index (κ2) is 23.7. The standard InChI is InChI=1S/C39H48N2O14.5H2S/c1-17-11-10-12-18(2)38(49)40-29-24(13-15-41(50)51)33(46)26-27(34(29)47)32(45)22(6)36-28(26)37(48)39(8,55-36)53-16-14-25(52-9)19(3)35(54-23(7)42)21(5)31(44)20(4)30(17)43;;;;;/h10-12,14,16-17,19-21,25,30-31,35,43-45H,13,15H2,1-9H3,(H,40,49);5*1H2/b11-10+,16-14+,18-12-;;;;;/t17-,19+,20+,21+,25-,30-,31+,35+,39-;;;;;/m0...../s1. The molecule has 0 spiro atoms. The summed E-state index contributed by atoms with van der Waals surface area (Å²) in [6.07, 6.45) is 2.32. The fraction of sp³-hybridized carbons (Fsp3) is 0.513. The van der Waals surface area contributed by atoms with Gasteiger partial charge in [0.15, 0.2) is 5.78 Å². The number of amides is 1. The van der Waals surface area contributed by atoms with Gasteiger partial charge in [0.2, 0.25) is 12.3 Å². The Hall–Kier alpha value is -3.44. The lowest BCUT2D eigenvalue weighted by Crippen LogP contribution is -2.46. The molecule has 16 nitrogen and oxygen atoms in total. The van der Waals surface area contributed by atoms with E-state index in [-0.39, 0.29) is 89.9 Å². The number of phenolic OH excluding ortho intramolecular Hbond substituents is 1. The topological polar surface area (TPSA) is 238 Å². The lowest BCUT2D eigenvalue weighted by Gasteiger charge is -2.38. The Morgan fingerprint density at radius 3 is 2.07 bits per heavy atom. The van der Waals surface area contributed by atoms with Gasteiger partial charge in [-0.3, -0.25) is 34.1 Å². The first-order valence-electron chi connectivity index (χ1n) is 17.8. The number of rotatable bonds is 5. The first-order chi connectivity index (χ1) is 25.7. The summed E-state index contributed by atoms with van der Waals surface area (Å²) in [5.41, 5.74) is -2.63. The van der Waals surface area contributed by atoms with Crippen LogP contribution in [0.2, 0.25) is 0 Å². The Morgan fingerprint density at radius 2 is 1.52 bits per heavy atom. The van der Waals surface area contributed by atoms with Gasteiger partial charge in [0.25, 0.3) is 11.7 Å². The van der Waals surface area contributed by atoms with Crippen molar-refractivity contribution in [2.24, 2.45) is 23.7 Å². The number of ether oxygens (including phenoxy) is 4. The predicted molar refractivity (Wildman–Crippen MR) is 247 cm³/mol. The van der Waals surface area contributed by atoms with Crippen LogP contribution >= 0.6 is 67.5 Å². The van der Waals surface area contributed by atoms with Gasteiger partial charge in [0.05, 0.1) is 47.0 Å². The number of Topliss-reactive ketones (excluding diaryl/α,β-unsaturated/α-hetero) is 3. The molecule has 0 fully saturated rings. The molecule has 60 heavy (non-hydrogen) atoms. The number of aromatic hydroxyl groups is 1. The van der Waals surface area contributed by atoms with Crippen LogP contribution in [0.1, 0.15) is 91.5 Å². The zero-order chi connectivity index (χ0) is 41.3. The van der Waals surface area contributed by atoms with Gasteiger partial charge in [-0.15, -0.1) is 0 Å². The minimum atomic E-state index is -2.15. The van der Waals surface area contributed by atoms with E-state index in [0.717, 1.165) is 6.26 Å². The van der Waals surface area contributed by atoms with Crippen molar-refractivity contribution >= 4 is 96.7 Å². The molecule has 3 heterocycles. The van der Waals surface area contributed by atoms with Gasteiger partial charge in [0.1, 0.15) is 17.6 Å². The number of methoxy groups -OCH3 is 1. The number of phenols is 1. The highest BCUT2D eigenvalue weighted by Crippen LogP contribution is 2.49. The van der Waals surface area contributed by atoms with E-state index >= 15 is 0 Å². The Bertz CT molecular complexity index is 1940. The number of nitrogens with one attached hydrogen (secondary N) is 1. The molecule has 21 heteroatoms. The monoisotopic (exact) mass is 938 g/mol. The average Bonchev–Trinajstić information content (AvgIpc) is 3.39. The molecule has 4 aliphatic rings. The predicted octanol–water partition coefficient (Wildman–Crippen LogP) is 4.23. The van der Waals surface area contributed by atoms with Gasteiger partial charge < -0.3 is 39.6 Å². The molecule has 1 aromatic carbocycles. The zero-order valence-corrected chi connectivity index (χ0v) is 39.7. The summed E-state index contributed by atoms with van der Waals surface area (Å²) in [4.78, 5) is 78.8. The molecule has 0 aromatic heterocycles. The SMILES string of the molecule is CO[C@H]1/C=C/O[C@@]2(C)Oc3c(C)c(O)c4c(c3C2=O)C(=O)C(CC[N+](=O)[O-])=C(NC(=O)/C(C)=C\C=C\[C@H](C)[C@H](O)[C@@H](C)[C@@H](O)[C@@H](C)[C@H](OC(C)=O)[C@@H]1C)C4=O.S.S.S.S.S. The van der Waals surface area contributed by atoms with Crippen LogP contribution in [0, 0.1) is 40.7 Å². The summed E-state index contributed by atoms with van der Waals surface area (Å²) >= 11 is 0. The van der Waals surface area contributed by atoms with Crippen molar-refractivity contribution in [2.45, 2.75) is 92.0 Å². The number of benzene rings is 1. The van der Waals surface area contributed by atoms with Crippen molar-refractivity contribution in [1.29, 1.82) is 0 Å². The van der Waals surface area contributed by atoms with E-state index < -0.39 is 129 Å². The summed E-state index contributed by atoms with van der Waals surface area (Å²) < 4.78 is 23.1. The number of hydrogen-bond donors (Lipinski definition) is 4. The fourth-order valence-corrected chi connectivity index (χ4v) is 7.20. The smallest absolute Gasteiger partial charge is 0.312 e. The number of ketones is 3. The highest BCUT2D eigenvalue weighted by atomic mass is 32.1. The van der Waals surface area contributed by atoms with Crippen LogP contribution in [0.15, 0.2) is 47.4 Å². The lowest BCUT2D eigenvalue weighted by atomic mass is 9.78. The molecule has 338 valence electrons. The zero-order valence-electron chi connectivity index (χ0n) is 34.7. The number of nitrogens with zero attached hydrogens (tertiary/aromatic N) is 1. The van der Waals surface area contributed by atoms with Gasteiger partial charge in [-0.25, -0.2) is 0 Å². The number of aliphatic hydroxyl groups is 2. The van der Waals surface area contributed by atoms with Crippen LogP contribution in [0.25, 0.3) is 0 Å². The fourth-order valence-electron chi connectivity index (χ4n) is 7.20. The third-order valence-electron chi connectivity index (χ3n) is 10.6. The highest BCUT2D eigenvalue weighted by Gasteiger charge is 2.52. The molecule has 4 N–H and O–H groups in total. The molecule has 5 rings (SSSR count). The van der Waals surface area contributed by atoms with Crippen molar-refractivity contribution in [3.63, 3.8) is 0 Å². The van der Waals surface area contributed by atoms with E-state index in [2.05, 4.69) is 5.32 Å². The number of esters is 1. The summed E-state index contributed by atoms with van der Waals surface area (Å²) in [6.45, 7) is 11.1. The Balaban J connectivity index is 0. The molecule has 3 aliphatic heterocycles. The summed E-state index contributed by atoms with van der Waals surface area (Å²) in [5.74, 6) is -10.2. The number of hydrogen-bond acceptors (Lipinski definition) is 14. The molecule has 9 atom stereocenters. The molecule has 5 bridgehead atoms. The maximum Gasteiger partial charge on any atom is 0.312 e. The number of carbonyl (C=O) groups excluding carboxylic acids is 5. The van der Waals surface area contributed by atoms with Gasteiger partial charge in [-0.2, -0.15) is 67.5 Å². The molecular formula is C39H58N2O14S5. The number of nitro groups is 1. The molecular weight excluding hydrogens is 881 g/mol. The minimum absolute atomic E-state index is 0. The second-order valence-corrected chi connectivity index (χ2v) is 14.4. The van der Waals surface area contributed by atoms with Gasteiger partial charge in [-0.1, -0.05) is 45.9 Å². The Morgan fingerprint density at radius 1 is 0.917 bits per heavy atom. The third-order valence-corrected chi connectivity index (χ3v) is 10.6. The van der Waals surface area contributed by atoms with Crippen LogP contribution < -0.4 is 10.1 Å². The summed E-state index contributed by atoms with van der Waals surface area (Å²) in [6, 6.07) is 0. The lowest BCUT2D eigenvalue weighted by molar-refractivity contribution is -0.479. The van der Waals surface area contributed by atoms with Crippen molar-refractivity contribution in [1.82, 2.24) is 5.32 Å². The number of aliphatic hydroxyl groups excluding tert-OH is 2. The Labute approximate surface area is 384 Å². The molecule has 1 amide bonds. The van der Waals surface area contributed by atoms with Crippen LogP contribution in [0.4, 0.5) is 0 Å². The summed E-state index contributed by atoms with van der Waals surface area (Å²) in [5, 5.41) is 47.8. The van der Waals surface area contributed by atoms with Crippen LogP contribution in [-0.4, -0.2) is 93.3 Å². The minimum Gasteiger partial charge on any atom is -0.507 e. The molecule has 1 aliphatic carbocycles. The largest absolute Gasteiger partial charge is 0.507 e. The van der Waals surface area contributed by atoms with E-state index in [1.165, 1.54) is 53.0 Å². The van der Waals surface area contributed by atoms with Crippen molar-refractivity contribution in [2.75, 3.05) is 13.7 Å². The van der Waals surface area contributed by atoms with E-state index in [1.54, 1.807) is 33.8 Å². The molecule has 0 radical (unpaired) electrons. The maximum absolute atomic E-state index is 14.2. The van der Waals surface area contributed by atoms with Crippen molar-refractivity contribution < 1.29 is 63.2 Å². The quantitative estimate of drug-likeness (QED) is 0.184. The normalized spacial score (nSPS) is 29.8. The first kappa shape index (κ1) is 58.7. The van der Waals surface area contributed by atoms with Gasteiger partial charge >= 0.3 is 11.8 Å². The maximum atomic E-state index is 14.2. The van der Waals surface area contributed by atoms with E-state index in [0.29, 0.717) is 0 Å². The van der Waals surface area contributed by atoms with Crippen molar-refractivity contribution in [3.8, 4) is 11.5 Å².